The summed E-state index contributed by atoms with van der Waals surface area (Å²) in [5, 5.41) is 2.95. The van der Waals surface area contributed by atoms with Crippen molar-refractivity contribution in [3.05, 3.63) is 42.2 Å². The van der Waals surface area contributed by atoms with Crippen molar-refractivity contribution in [3.8, 4) is 0 Å². The molecule has 3 rings (SSSR count). The zero-order valence-corrected chi connectivity index (χ0v) is 17.1. The highest BCUT2D eigenvalue weighted by atomic mass is 32.2. The first kappa shape index (κ1) is 21.4. The van der Waals surface area contributed by atoms with Gasteiger partial charge in [-0.1, -0.05) is 37.7 Å². The van der Waals surface area contributed by atoms with E-state index in [0.29, 0.717) is 16.9 Å². The summed E-state index contributed by atoms with van der Waals surface area (Å²) in [5.74, 6) is 1.39. The number of aromatic nitrogens is 2. The van der Waals surface area contributed by atoms with Crippen LogP contribution in [-0.2, 0) is 11.0 Å². The number of para-hydroxylation sites is 1. The Bertz CT molecular complexity index is 852. The molecule has 1 fully saturated rings. The fraction of sp³-hybridized carbons (Fsp3) is 0.450. The molecule has 1 aromatic carbocycles. The molecule has 29 heavy (non-hydrogen) atoms. The largest absolute Gasteiger partial charge is 0.418 e. The predicted octanol–water partition coefficient (Wildman–Crippen LogP) is 4.71. The van der Waals surface area contributed by atoms with Crippen LogP contribution in [0.5, 0.6) is 0 Å². The van der Waals surface area contributed by atoms with E-state index < -0.39 is 17.6 Å². The molecule has 1 N–H and O–H groups in total. The molecular weight excluding hydrogens is 401 g/mol. The smallest absolute Gasteiger partial charge is 0.356 e. The summed E-state index contributed by atoms with van der Waals surface area (Å²) in [6.07, 6.45) is -1.89. The van der Waals surface area contributed by atoms with Crippen LogP contribution in [0.4, 0.5) is 24.7 Å². The maximum atomic E-state index is 13.0. The van der Waals surface area contributed by atoms with Gasteiger partial charge in [-0.2, -0.15) is 13.2 Å². The third-order valence-corrected chi connectivity index (χ3v) is 5.60. The highest BCUT2D eigenvalue weighted by Gasteiger charge is 2.33. The van der Waals surface area contributed by atoms with Crippen molar-refractivity contribution in [3.63, 3.8) is 0 Å². The lowest BCUT2D eigenvalue weighted by Crippen LogP contribution is -2.39. The monoisotopic (exact) mass is 424 g/mol. The van der Waals surface area contributed by atoms with E-state index >= 15 is 0 Å². The van der Waals surface area contributed by atoms with Crippen LogP contribution in [0.3, 0.4) is 0 Å². The van der Waals surface area contributed by atoms with E-state index in [1.54, 1.807) is 0 Å². The summed E-state index contributed by atoms with van der Waals surface area (Å²) in [6, 6.07) is 6.76. The zero-order chi connectivity index (χ0) is 21.0. The minimum absolute atomic E-state index is 0.0462. The molecule has 1 aromatic heterocycles. The zero-order valence-electron chi connectivity index (χ0n) is 16.2. The van der Waals surface area contributed by atoms with Gasteiger partial charge >= 0.3 is 6.18 Å². The molecule has 1 amide bonds. The van der Waals surface area contributed by atoms with E-state index in [1.807, 2.05) is 6.07 Å². The van der Waals surface area contributed by atoms with Crippen molar-refractivity contribution in [2.75, 3.05) is 29.1 Å². The van der Waals surface area contributed by atoms with E-state index in [0.717, 1.165) is 25.0 Å². The molecule has 1 aliphatic heterocycles. The van der Waals surface area contributed by atoms with E-state index in [4.69, 9.17) is 0 Å². The molecule has 2 heterocycles. The van der Waals surface area contributed by atoms with Crippen molar-refractivity contribution >= 4 is 29.2 Å². The van der Waals surface area contributed by atoms with Crippen molar-refractivity contribution in [1.82, 2.24) is 9.97 Å². The van der Waals surface area contributed by atoms with Crippen LogP contribution in [0.15, 0.2) is 41.7 Å². The van der Waals surface area contributed by atoms with Crippen LogP contribution in [0.2, 0.25) is 0 Å². The fourth-order valence-electron chi connectivity index (χ4n) is 3.60. The molecule has 2 aromatic rings. The number of hydrogen-bond donors (Lipinski definition) is 1. The number of rotatable bonds is 5. The van der Waals surface area contributed by atoms with Gasteiger partial charge in [0.2, 0.25) is 5.91 Å². The van der Waals surface area contributed by atoms with Crippen molar-refractivity contribution in [1.29, 1.82) is 0 Å². The summed E-state index contributed by atoms with van der Waals surface area (Å²) in [6.45, 7) is 6.26. The lowest BCUT2D eigenvalue weighted by molar-refractivity contribution is -0.137. The Balaban J connectivity index is 1.62. The third-order valence-electron chi connectivity index (χ3n) is 4.68. The van der Waals surface area contributed by atoms with Gasteiger partial charge in [-0.25, -0.2) is 9.97 Å². The number of piperidine rings is 1. The molecule has 0 radical (unpaired) electrons. The second-order valence-electron chi connectivity index (χ2n) is 7.45. The average Bonchev–Trinajstić information content (AvgIpc) is 2.65. The highest BCUT2D eigenvalue weighted by Crippen LogP contribution is 2.34. The fourth-order valence-corrected chi connectivity index (χ4v) is 4.26. The first-order valence-corrected chi connectivity index (χ1v) is 10.4. The van der Waals surface area contributed by atoms with Crippen LogP contribution in [0, 0.1) is 11.8 Å². The van der Waals surface area contributed by atoms with Crippen LogP contribution >= 0.6 is 11.8 Å². The van der Waals surface area contributed by atoms with Crippen LogP contribution in [0.25, 0.3) is 0 Å². The first-order chi connectivity index (χ1) is 13.7. The first-order valence-electron chi connectivity index (χ1n) is 9.38. The minimum Gasteiger partial charge on any atom is -0.356 e. The molecule has 5 nitrogen and oxygen atoms in total. The Hall–Kier alpha value is -2.29. The maximum Gasteiger partial charge on any atom is 0.418 e. The third kappa shape index (κ3) is 5.85. The Labute approximate surface area is 172 Å². The second-order valence-corrected chi connectivity index (χ2v) is 8.44. The number of anilines is 2. The number of nitrogens with zero attached hydrogens (tertiary/aromatic N) is 3. The van der Waals surface area contributed by atoms with Gasteiger partial charge in [0.25, 0.3) is 0 Å². The van der Waals surface area contributed by atoms with Gasteiger partial charge in [0.05, 0.1) is 17.0 Å². The van der Waals surface area contributed by atoms with Crippen molar-refractivity contribution < 1.29 is 18.0 Å². The molecule has 156 valence electrons. The van der Waals surface area contributed by atoms with E-state index in [9.17, 15) is 18.0 Å². The predicted molar refractivity (Wildman–Crippen MR) is 108 cm³/mol. The van der Waals surface area contributed by atoms with Crippen molar-refractivity contribution in [2.24, 2.45) is 11.8 Å². The summed E-state index contributed by atoms with van der Waals surface area (Å²) < 4.78 is 39.1. The Morgan fingerprint density at radius 2 is 1.90 bits per heavy atom. The number of nitrogens with one attached hydrogen (secondary N) is 1. The normalized spacial score (nSPS) is 19.8. The number of carbonyl (C=O) groups excluding carboxylic acids is 1. The number of halogens is 3. The molecule has 0 saturated carbocycles. The quantitative estimate of drug-likeness (QED) is 0.557. The van der Waals surface area contributed by atoms with E-state index in [1.165, 1.54) is 42.7 Å². The molecule has 0 aliphatic carbocycles. The van der Waals surface area contributed by atoms with E-state index in [2.05, 4.69) is 34.0 Å². The molecular formula is C20H23F3N4OS. The van der Waals surface area contributed by atoms with Gasteiger partial charge in [-0.15, -0.1) is 0 Å². The Kier molecular flexibility index (Phi) is 6.66. The van der Waals surface area contributed by atoms with Crippen LogP contribution < -0.4 is 10.2 Å². The van der Waals surface area contributed by atoms with Gasteiger partial charge in [0.15, 0.2) is 0 Å². The lowest BCUT2D eigenvalue weighted by atomic mass is 9.92. The molecule has 1 saturated heterocycles. The number of carbonyl (C=O) groups is 1. The number of amides is 1. The Morgan fingerprint density at radius 3 is 2.59 bits per heavy atom. The van der Waals surface area contributed by atoms with Crippen LogP contribution in [0.1, 0.15) is 25.8 Å². The average molecular weight is 424 g/mol. The minimum atomic E-state index is -4.53. The van der Waals surface area contributed by atoms with Gasteiger partial charge < -0.3 is 10.2 Å². The standard InChI is InChI=1S/C20H23F3N4OS/c1-13-7-14(2)10-27(9-13)17-8-19(25-12-24-17)29-11-18(28)26-16-6-4-3-5-15(16)20(21,22)23/h3-6,8,12-14H,7,9-11H2,1-2H3,(H,26,28). The number of thioether (sulfide) groups is 1. The molecule has 9 heteroatoms. The number of alkyl halides is 3. The topological polar surface area (TPSA) is 58.1 Å². The van der Waals surface area contributed by atoms with E-state index in [-0.39, 0.29) is 11.4 Å². The SMILES string of the molecule is CC1CC(C)CN(c2cc(SCC(=O)Nc3ccccc3C(F)(F)F)ncn2)C1. The highest BCUT2D eigenvalue weighted by molar-refractivity contribution is 7.99. The maximum absolute atomic E-state index is 13.0. The summed E-state index contributed by atoms with van der Waals surface area (Å²) >= 11 is 1.17. The molecule has 0 bridgehead atoms. The van der Waals surface area contributed by atoms with Gasteiger partial charge in [-0.3, -0.25) is 4.79 Å². The number of hydrogen-bond acceptors (Lipinski definition) is 5. The Morgan fingerprint density at radius 1 is 1.21 bits per heavy atom. The molecule has 2 atom stereocenters. The summed E-state index contributed by atoms with van der Waals surface area (Å²) in [4.78, 5) is 22.9. The summed E-state index contributed by atoms with van der Waals surface area (Å²) in [5.41, 5.74) is -1.11. The second kappa shape index (κ2) is 9.02. The molecule has 1 aliphatic rings. The number of benzene rings is 1. The molecule has 2 unspecified atom stereocenters. The molecule has 0 spiro atoms. The van der Waals surface area contributed by atoms with Gasteiger partial charge in [0.1, 0.15) is 17.2 Å². The lowest BCUT2D eigenvalue weighted by Gasteiger charge is -2.35. The van der Waals surface area contributed by atoms with Gasteiger partial charge in [-0.05, 0) is 30.4 Å². The van der Waals surface area contributed by atoms with Crippen LogP contribution in [-0.4, -0.2) is 34.7 Å². The van der Waals surface area contributed by atoms with Crippen molar-refractivity contribution in [2.45, 2.75) is 31.5 Å². The van der Waals surface area contributed by atoms with Gasteiger partial charge in [0, 0.05) is 19.2 Å². The summed E-state index contributed by atoms with van der Waals surface area (Å²) in [7, 11) is 0.